The van der Waals surface area contributed by atoms with Crippen LogP contribution in [0, 0.1) is 0 Å². The Kier molecular flexibility index (Phi) is 8.13. The Morgan fingerprint density at radius 2 is 1.60 bits per heavy atom. The highest BCUT2D eigenvalue weighted by Gasteiger charge is 2.49. The first-order valence-electron chi connectivity index (χ1n) is 14.5. The number of aliphatic hydroxyl groups excluding tert-OH is 2. The predicted molar refractivity (Wildman–Crippen MR) is 155 cm³/mol. The van der Waals surface area contributed by atoms with E-state index in [-0.39, 0.29) is 31.3 Å². The van der Waals surface area contributed by atoms with Gasteiger partial charge in [-0.05, 0) is 12.8 Å². The highest BCUT2D eigenvalue weighted by atomic mass is 31.2. The first kappa shape index (κ1) is 30.3. The van der Waals surface area contributed by atoms with E-state index in [9.17, 15) is 14.8 Å². The third-order valence-electron chi connectivity index (χ3n) is 8.40. The van der Waals surface area contributed by atoms with Gasteiger partial charge in [-0.2, -0.15) is 0 Å². The van der Waals surface area contributed by atoms with Crippen molar-refractivity contribution in [2.75, 3.05) is 44.9 Å². The highest BCUT2D eigenvalue weighted by Crippen LogP contribution is 2.57. The molecule has 3 saturated heterocycles. The Bertz CT molecular complexity index is 1720. The van der Waals surface area contributed by atoms with Crippen LogP contribution >= 0.6 is 7.75 Å². The molecule has 0 saturated carbocycles. The number of methoxy groups -OCH3 is 1. The number of rotatable bonds is 10. The summed E-state index contributed by atoms with van der Waals surface area (Å²) < 4.78 is 49.6. The second-order valence-corrected chi connectivity index (χ2v) is 13.0. The molecule has 242 valence electrons. The van der Waals surface area contributed by atoms with Crippen molar-refractivity contribution in [3.8, 4) is 0 Å². The molecule has 45 heavy (non-hydrogen) atoms. The molecule has 3 aliphatic heterocycles. The number of hydrogen-bond donors (Lipinski definition) is 4. The lowest BCUT2D eigenvalue weighted by Crippen LogP contribution is -2.36. The second-order valence-electron chi connectivity index (χ2n) is 11.0. The van der Waals surface area contributed by atoms with Gasteiger partial charge < -0.3 is 35.9 Å². The molecular weight excluding hydrogens is 613 g/mol. The van der Waals surface area contributed by atoms with Crippen molar-refractivity contribution in [1.82, 2.24) is 43.7 Å². The molecular formula is C25H34N11O8P. The van der Waals surface area contributed by atoms with Crippen LogP contribution in [0.15, 0.2) is 25.3 Å². The third kappa shape index (κ3) is 5.33. The zero-order chi connectivity index (χ0) is 31.3. The Morgan fingerprint density at radius 3 is 2.24 bits per heavy atom. The molecule has 3 fully saturated rings. The van der Waals surface area contributed by atoms with Gasteiger partial charge in [0.25, 0.3) is 0 Å². The average molecular weight is 648 g/mol. The maximum absolute atomic E-state index is 14.5. The standard InChI is InChI=1S/C25H34N11O8P/c1-40-20-19(38)15(43-25(20)36-12-33-18-22(27)29-10-31-24(18)36)8-41-45(39,34-4-2-3-5-34)44-13-6-16(42-14(13)7-37)35-11-32-17-21(26)28-9-30-23(17)35/h9-16,19-20,25,37-38H,2-8H2,1H3,(H2,26,28,30)(H2,27,29,31). The first-order valence-corrected chi connectivity index (χ1v) is 16.0. The zero-order valence-corrected chi connectivity index (χ0v) is 25.2. The van der Waals surface area contributed by atoms with Gasteiger partial charge in [0, 0.05) is 26.6 Å². The van der Waals surface area contributed by atoms with Crippen LogP contribution in [0.3, 0.4) is 0 Å². The lowest BCUT2D eigenvalue weighted by atomic mass is 10.1. The molecule has 0 amide bonds. The quantitative estimate of drug-likeness (QED) is 0.165. The zero-order valence-electron chi connectivity index (χ0n) is 24.3. The van der Waals surface area contributed by atoms with Crippen LogP contribution in [-0.2, 0) is 27.8 Å². The largest absolute Gasteiger partial charge is 0.408 e. The van der Waals surface area contributed by atoms with Crippen LogP contribution in [0.2, 0.25) is 0 Å². The average Bonchev–Trinajstić information content (AvgIpc) is 3.86. The van der Waals surface area contributed by atoms with Crippen LogP contribution in [0.5, 0.6) is 0 Å². The second kappa shape index (κ2) is 12.1. The minimum Gasteiger partial charge on any atom is -0.394 e. The Morgan fingerprint density at radius 1 is 0.956 bits per heavy atom. The van der Waals surface area contributed by atoms with Gasteiger partial charge in [-0.25, -0.2) is 39.1 Å². The van der Waals surface area contributed by atoms with E-state index in [2.05, 4.69) is 29.9 Å². The number of nitrogens with zero attached hydrogens (tertiary/aromatic N) is 9. The lowest BCUT2D eigenvalue weighted by molar-refractivity contribution is -0.0611. The Labute approximate surface area is 256 Å². The van der Waals surface area contributed by atoms with Crippen molar-refractivity contribution in [2.24, 2.45) is 0 Å². The molecule has 0 aromatic carbocycles. The molecule has 4 aromatic rings. The lowest BCUT2D eigenvalue weighted by Gasteiger charge is -2.30. The van der Waals surface area contributed by atoms with E-state index >= 15 is 0 Å². The van der Waals surface area contributed by atoms with E-state index in [4.69, 9.17) is 34.7 Å². The number of imidazole rings is 2. The van der Waals surface area contributed by atoms with Crippen LogP contribution in [0.25, 0.3) is 22.3 Å². The fourth-order valence-corrected chi connectivity index (χ4v) is 8.11. The molecule has 0 aliphatic carbocycles. The number of aromatic nitrogens is 8. The van der Waals surface area contributed by atoms with Gasteiger partial charge >= 0.3 is 7.75 Å². The van der Waals surface area contributed by atoms with E-state index < -0.39 is 50.7 Å². The summed E-state index contributed by atoms with van der Waals surface area (Å²) in [6.45, 7) is 0.303. The summed E-state index contributed by atoms with van der Waals surface area (Å²) in [4.78, 5) is 25.0. The van der Waals surface area contributed by atoms with E-state index in [0.29, 0.717) is 35.4 Å². The molecule has 7 rings (SSSR count). The highest BCUT2D eigenvalue weighted by molar-refractivity contribution is 7.51. The minimum atomic E-state index is -3.98. The number of hydrogen-bond acceptors (Lipinski definition) is 16. The summed E-state index contributed by atoms with van der Waals surface area (Å²) in [7, 11) is -2.53. The summed E-state index contributed by atoms with van der Waals surface area (Å²) >= 11 is 0. The van der Waals surface area contributed by atoms with E-state index in [1.54, 1.807) is 13.8 Å². The monoisotopic (exact) mass is 647 g/mol. The van der Waals surface area contributed by atoms with Crippen LogP contribution in [0.4, 0.5) is 11.6 Å². The molecule has 4 aromatic heterocycles. The first-order chi connectivity index (χ1) is 21.8. The summed E-state index contributed by atoms with van der Waals surface area (Å²) in [6.07, 6.45) is 1.46. The normalized spacial score (nSPS) is 30.5. The van der Waals surface area contributed by atoms with Gasteiger partial charge in [-0.1, -0.05) is 0 Å². The molecule has 8 atom stereocenters. The van der Waals surface area contributed by atoms with Crippen molar-refractivity contribution < 1.29 is 38.0 Å². The van der Waals surface area contributed by atoms with Crippen molar-refractivity contribution in [1.29, 1.82) is 0 Å². The van der Waals surface area contributed by atoms with Crippen molar-refractivity contribution in [3.63, 3.8) is 0 Å². The van der Waals surface area contributed by atoms with Gasteiger partial charge in [0.05, 0.1) is 25.9 Å². The fraction of sp³-hybridized carbons (Fsp3) is 0.600. The minimum absolute atomic E-state index is 0.202. The van der Waals surface area contributed by atoms with Gasteiger partial charge in [0.15, 0.2) is 29.2 Å². The molecule has 7 heterocycles. The Hall–Kier alpha value is -3.39. The van der Waals surface area contributed by atoms with Crippen molar-refractivity contribution >= 4 is 41.7 Å². The number of aliphatic hydroxyl groups is 2. The molecule has 6 N–H and O–H groups in total. The SMILES string of the molecule is COC1C(O)C(COP(=O)(OC2CC(n3cnc4c(N)ncnc43)OC2CO)N2CCCC2)OC1n1cnc2c(N)ncnc21. The number of ether oxygens (including phenoxy) is 3. The van der Waals surface area contributed by atoms with Gasteiger partial charge in [-0.15, -0.1) is 0 Å². The predicted octanol–water partition coefficient (Wildman–Crippen LogP) is -0.0106. The smallest absolute Gasteiger partial charge is 0.394 e. The van der Waals surface area contributed by atoms with E-state index in [0.717, 1.165) is 12.8 Å². The Balaban J connectivity index is 1.09. The van der Waals surface area contributed by atoms with Gasteiger partial charge in [0.2, 0.25) is 0 Å². The van der Waals surface area contributed by atoms with E-state index in [1.807, 2.05) is 0 Å². The number of fused-ring (bicyclic) bond motifs is 2. The summed E-state index contributed by atoms with van der Waals surface area (Å²) in [5.41, 5.74) is 13.5. The third-order valence-corrected chi connectivity index (χ3v) is 10.5. The molecule has 0 bridgehead atoms. The molecule has 0 spiro atoms. The van der Waals surface area contributed by atoms with Crippen LogP contribution in [-0.4, -0.2) is 118 Å². The van der Waals surface area contributed by atoms with E-state index in [1.165, 1.54) is 32.4 Å². The molecule has 3 aliphatic rings. The number of anilines is 2. The van der Waals surface area contributed by atoms with Crippen LogP contribution < -0.4 is 11.5 Å². The summed E-state index contributed by atoms with van der Waals surface area (Å²) in [5, 5.41) is 21.3. The molecule has 8 unspecified atom stereocenters. The van der Waals surface area contributed by atoms with Crippen molar-refractivity contribution in [2.45, 2.75) is 62.2 Å². The summed E-state index contributed by atoms with van der Waals surface area (Å²) in [6, 6.07) is 0. The molecule has 20 heteroatoms. The number of nitrogens with two attached hydrogens (primary N) is 2. The maximum atomic E-state index is 14.5. The summed E-state index contributed by atoms with van der Waals surface area (Å²) in [5.74, 6) is 0.427. The van der Waals surface area contributed by atoms with Gasteiger partial charge in [-0.3, -0.25) is 18.2 Å². The number of nitrogen functional groups attached to an aromatic ring is 2. The van der Waals surface area contributed by atoms with Crippen LogP contribution in [0.1, 0.15) is 31.7 Å². The fourth-order valence-electron chi connectivity index (χ4n) is 6.08. The molecule has 19 nitrogen and oxygen atoms in total. The maximum Gasteiger partial charge on any atom is 0.408 e. The molecule has 0 radical (unpaired) electrons. The van der Waals surface area contributed by atoms with Crippen molar-refractivity contribution in [3.05, 3.63) is 25.3 Å². The van der Waals surface area contributed by atoms with Gasteiger partial charge in [0.1, 0.15) is 60.4 Å². The topological polar surface area (TPSA) is 246 Å².